The van der Waals surface area contributed by atoms with E-state index in [1.54, 1.807) is 0 Å². The molecule has 3 atom stereocenters. The summed E-state index contributed by atoms with van der Waals surface area (Å²) in [4.78, 5) is 0. The summed E-state index contributed by atoms with van der Waals surface area (Å²) in [6, 6.07) is 39.4. The van der Waals surface area contributed by atoms with E-state index in [-0.39, 0.29) is 10.6 Å². The molecule has 0 bridgehead atoms. The maximum atomic E-state index is 7.97. The van der Waals surface area contributed by atoms with Gasteiger partial charge in [-0.05, 0) is 119 Å². The van der Waals surface area contributed by atoms with Crippen LogP contribution in [0.25, 0.3) is 0 Å². The fraction of sp³-hybridized carbons (Fsp3) is 0.583. The molecular formula is C48H76O4Si3. The van der Waals surface area contributed by atoms with Gasteiger partial charge >= 0.3 is 0 Å². The van der Waals surface area contributed by atoms with Crippen molar-refractivity contribution in [3.63, 3.8) is 0 Å². The summed E-state index contributed by atoms with van der Waals surface area (Å²) in [7, 11) is -6.37. The zero-order valence-electron chi connectivity index (χ0n) is 36.4. The average molecular weight is 801 g/mol. The Labute approximate surface area is 340 Å². The Morgan fingerprint density at radius 2 is 1.20 bits per heavy atom. The lowest BCUT2D eigenvalue weighted by Gasteiger charge is -2.46. The molecule has 1 aliphatic carbocycles. The Bertz CT molecular complexity index is 1490. The minimum atomic E-state index is -2.65. The van der Waals surface area contributed by atoms with Gasteiger partial charge in [0.05, 0.1) is 5.60 Å². The Kier molecular flexibility index (Phi) is 17.3. The number of hydrogen-bond donors (Lipinski definition) is 0. The molecule has 0 amide bonds. The number of rotatable bonds is 23. The zero-order valence-corrected chi connectivity index (χ0v) is 39.4. The van der Waals surface area contributed by atoms with E-state index in [1.807, 2.05) is 6.07 Å². The molecule has 1 aliphatic rings. The molecule has 0 aromatic heterocycles. The largest absolute Gasteiger partial charge is 0.490 e. The molecule has 55 heavy (non-hydrogen) atoms. The van der Waals surface area contributed by atoms with Crippen LogP contribution in [0.3, 0.4) is 0 Å². The second-order valence-electron chi connectivity index (χ2n) is 17.3. The minimum Gasteiger partial charge on any atom is -0.490 e. The summed E-state index contributed by atoms with van der Waals surface area (Å²) < 4.78 is 28.9. The third-order valence-corrected chi connectivity index (χ3v) is 27.7. The highest BCUT2D eigenvalue weighted by Gasteiger charge is 2.53. The van der Waals surface area contributed by atoms with Crippen LogP contribution < -0.4 is 15.1 Å². The van der Waals surface area contributed by atoms with Crippen molar-refractivity contribution in [1.29, 1.82) is 0 Å². The van der Waals surface area contributed by atoms with E-state index >= 15 is 0 Å². The van der Waals surface area contributed by atoms with Crippen molar-refractivity contribution in [2.75, 3.05) is 19.8 Å². The fourth-order valence-corrected chi connectivity index (χ4v) is 20.1. The Balaban J connectivity index is 1.74. The van der Waals surface area contributed by atoms with Crippen molar-refractivity contribution >= 4 is 35.3 Å². The summed E-state index contributed by atoms with van der Waals surface area (Å²) in [5.74, 6) is 1.91. The van der Waals surface area contributed by atoms with Crippen LogP contribution in [0.5, 0.6) is 5.75 Å². The molecule has 1 saturated carbocycles. The van der Waals surface area contributed by atoms with E-state index in [2.05, 4.69) is 160 Å². The number of para-hydroxylation sites is 1. The number of benzene rings is 3. The van der Waals surface area contributed by atoms with Crippen LogP contribution in [0.1, 0.15) is 101 Å². The summed E-state index contributed by atoms with van der Waals surface area (Å²) in [6.45, 7) is 25.8. The highest BCUT2D eigenvalue weighted by Crippen LogP contribution is 2.52. The molecular weight excluding hydrogens is 725 g/mol. The summed E-state index contributed by atoms with van der Waals surface area (Å²) >= 11 is 0. The first-order valence-corrected chi connectivity index (χ1v) is 28.9. The summed E-state index contributed by atoms with van der Waals surface area (Å²) in [5.41, 5.74) is 1.12. The topological polar surface area (TPSA) is 36.9 Å². The first kappa shape index (κ1) is 45.4. The molecule has 304 valence electrons. The molecule has 4 rings (SSSR count). The maximum absolute atomic E-state index is 7.97. The van der Waals surface area contributed by atoms with Crippen molar-refractivity contribution in [3.05, 3.63) is 103 Å². The first-order chi connectivity index (χ1) is 26.4. The van der Waals surface area contributed by atoms with Crippen LogP contribution in [0.4, 0.5) is 0 Å². The van der Waals surface area contributed by atoms with E-state index < -0.39 is 25.0 Å². The SMILES string of the molecule is CC[Si](CC)(CC)OCC[C@@H]1C[C@@H](C)C[C@@]1(O[Si](CC)(CC)CC)/C(=C/COc1ccccc1)CCCO[Si](c1ccccc1)(c1ccccc1)C(C)(C)C. The van der Waals surface area contributed by atoms with Gasteiger partial charge in [-0.1, -0.05) is 148 Å². The predicted molar refractivity (Wildman–Crippen MR) is 243 cm³/mol. The van der Waals surface area contributed by atoms with Crippen LogP contribution in [-0.4, -0.2) is 50.4 Å². The highest BCUT2D eigenvalue weighted by atomic mass is 28.4. The van der Waals surface area contributed by atoms with Crippen LogP contribution in [0, 0.1) is 11.8 Å². The quantitative estimate of drug-likeness (QED) is 0.0544. The molecule has 1 fully saturated rings. The molecule has 0 saturated heterocycles. The third kappa shape index (κ3) is 10.8. The Hall–Kier alpha value is -2.27. The molecule has 3 aromatic carbocycles. The van der Waals surface area contributed by atoms with Gasteiger partial charge in [-0.2, -0.15) is 0 Å². The van der Waals surface area contributed by atoms with Crippen molar-refractivity contribution < 1.29 is 18.0 Å². The monoisotopic (exact) mass is 801 g/mol. The molecule has 0 N–H and O–H groups in total. The van der Waals surface area contributed by atoms with Gasteiger partial charge in [-0.25, -0.2) is 0 Å². The van der Waals surface area contributed by atoms with Crippen LogP contribution in [0.2, 0.25) is 41.3 Å². The average Bonchev–Trinajstić information content (AvgIpc) is 3.53. The normalized spacial score (nSPS) is 19.9. The van der Waals surface area contributed by atoms with Gasteiger partial charge in [0.1, 0.15) is 12.4 Å². The van der Waals surface area contributed by atoms with E-state index in [4.69, 9.17) is 18.0 Å². The summed E-state index contributed by atoms with van der Waals surface area (Å²) in [6.07, 6.45) is 7.58. The van der Waals surface area contributed by atoms with Crippen LogP contribution in [-0.2, 0) is 13.3 Å². The van der Waals surface area contributed by atoms with Crippen molar-refractivity contribution in [2.45, 2.75) is 148 Å². The smallest absolute Gasteiger partial charge is 0.261 e. The third-order valence-electron chi connectivity index (χ3n) is 13.3. The number of ether oxygens (including phenoxy) is 1. The first-order valence-electron chi connectivity index (χ1n) is 21.9. The predicted octanol–water partition coefficient (Wildman–Crippen LogP) is 12.6. The van der Waals surface area contributed by atoms with Gasteiger partial charge in [0.2, 0.25) is 0 Å². The van der Waals surface area contributed by atoms with Crippen LogP contribution in [0.15, 0.2) is 103 Å². The maximum Gasteiger partial charge on any atom is 0.261 e. The Morgan fingerprint density at radius 1 is 0.691 bits per heavy atom. The molecule has 0 spiro atoms. The molecule has 3 aromatic rings. The standard InChI is InChI=1S/C48H76O4Si3/c1-11-53(12-2,13-3)50-38-35-43-39-41(7)40-48(43,52-54(14-4,15-5)16-6)42(34-37-49-44-28-20-17-21-29-44)27-26-36-51-55(47(8,9)10,45-30-22-18-23-31-45)46-32-24-19-25-33-46/h17-25,28-34,41,43H,11-16,26-27,35-40H2,1-10H3/b42-34+/t41-,43-,48-/m1/s1. The molecule has 0 aliphatic heterocycles. The molecule has 0 unspecified atom stereocenters. The lowest BCUT2D eigenvalue weighted by molar-refractivity contribution is 0.0375. The van der Waals surface area contributed by atoms with E-state index in [1.165, 1.54) is 40.5 Å². The summed E-state index contributed by atoms with van der Waals surface area (Å²) in [5, 5.41) is 2.61. The van der Waals surface area contributed by atoms with Gasteiger partial charge in [0.15, 0.2) is 16.6 Å². The number of hydrogen-bond acceptors (Lipinski definition) is 4. The fourth-order valence-electron chi connectivity index (χ4n) is 9.70. The lowest BCUT2D eigenvalue weighted by atomic mass is 9.79. The molecule has 0 radical (unpaired) electrons. The van der Waals surface area contributed by atoms with Crippen molar-refractivity contribution in [2.24, 2.45) is 11.8 Å². The minimum absolute atomic E-state index is 0.0587. The second kappa shape index (κ2) is 20.9. The van der Waals surface area contributed by atoms with Gasteiger partial charge < -0.3 is 18.0 Å². The second-order valence-corrected chi connectivity index (χ2v) is 31.1. The lowest BCUT2D eigenvalue weighted by Crippen LogP contribution is -2.66. The van der Waals surface area contributed by atoms with Gasteiger partial charge in [0.25, 0.3) is 8.32 Å². The van der Waals surface area contributed by atoms with Gasteiger partial charge in [-0.3, -0.25) is 0 Å². The van der Waals surface area contributed by atoms with Crippen molar-refractivity contribution in [1.82, 2.24) is 0 Å². The molecule has 4 nitrogen and oxygen atoms in total. The van der Waals surface area contributed by atoms with E-state index in [0.717, 1.165) is 56.2 Å². The van der Waals surface area contributed by atoms with Crippen LogP contribution >= 0.6 is 0 Å². The highest BCUT2D eigenvalue weighted by molar-refractivity contribution is 6.99. The van der Waals surface area contributed by atoms with E-state index in [0.29, 0.717) is 25.0 Å². The van der Waals surface area contributed by atoms with E-state index in [9.17, 15) is 0 Å². The molecule has 0 heterocycles. The van der Waals surface area contributed by atoms with Crippen molar-refractivity contribution in [3.8, 4) is 5.75 Å². The molecule has 7 heteroatoms. The Morgan fingerprint density at radius 3 is 1.69 bits per heavy atom. The zero-order chi connectivity index (χ0) is 40.0. The van der Waals surface area contributed by atoms with Gasteiger partial charge in [0, 0.05) is 13.2 Å². The van der Waals surface area contributed by atoms with Gasteiger partial charge in [-0.15, -0.1) is 0 Å².